The molecule has 0 fully saturated rings. The molecule has 3 heterocycles. The Morgan fingerprint density at radius 2 is 2.00 bits per heavy atom. The summed E-state index contributed by atoms with van der Waals surface area (Å²) in [7, 11) is 0. The van der Waals surface area contributed by atoms with Gasteiger partial charge in [-0.1, -0.05) is 0 Å². The van der Waals surface area contributed by atoms with Crippen molar-refractivity contribution in [1.29, 1.82) is 5.26 Å². The molecule has 0 unspecified atom stereocenters. The summed E-state index contributed by atoms with van der Waals surface area (Å²) < 4.78 is 0. The number of pyridine rings is 1. The van der Waals surface area contributed by atoms with Crippen LogP contribution >= 0.6 is 0 Å². The number of anilines is 1. The Morgan fingerprint density at radius 1 is 1.22 bits per heavy atom. The Balaban J connectivity index is 2.16. The number of nitrogens with zero attached hydrogens (tertiary/aromatic N) is 4. The van der Waals surface area contributed by atoms with Crippen LogP contribution < -0.4 is 4.90 Å². The molecule has 86 valence electrons. The molecule has 2 amide bonds. The van der Waals surface area contributed by atoms with Crippen LogP contribution in [0.2, 0.25) is 0 Å². The van der Waals surface area contributed by atoms with Crippen molar-refractivity contribution in [1.82, 2.24) is 15.2 Å². The standard InChI is InChI=1S/C11H5N5O2/c12-3-6-4-14-15-9(6)16-10(17)7-1-2-13-5-8(7)11(16)18/h1-2,4-5H,(H,14,15). The topological polar surface area (TPSA) is 103 Å². The number of nitrogens with one attached hydrogen (secondary N) is 1. The lowest BCUT2D eigenvalue weighted by Crippen LogP contribution is -2.30. The van der Waals surface area contributed by atoms with Crippen molar-refractivity contribution in [3.8, 4) is 6.07 Å². The first-order valence-corrected chi connectivity index (χ1v) is 5.00. The van der Waals surface area contributed by atoms with E-state index in [9.17, 15) is 9.59 Å². The lowest BCUT2D eigenvalue weighted by atomic mass is 10.2. The largest absolute Gasteiger partial charge is 0.268 e. The summed E-state index contributed by atoms with van der Waals surface area (Å²) in [5.74, 6) is -0.911. The van der Waals surface area contributed by atoms with Gasteiger partial charge in [-0.2, -0.15) is 10.4 Å². The van der Waals surface area contributed by atoms with Crippen LogP contribution in [-0.4, -0.2) is 27.0 Å². The third-order valence-corrected chi connectivity index (χ3v) is 2.65. The molecule has 0 radical (unpaired) electrons. The summed E-state index contributed by atoms with van der Waals surface area (Å²) in [5.41, 5.74) is 0.631. The first-order valence-electron chi connectivity index (χ1n) is 5.00. The average molecular weight is 239 g/mol. The molecule has 0 atom stereocenters. The highest BCUT2D eigenvalue weighted by atomic mass is 16.2. The Hall–Kier alpha value is -3.01. The van der Waals surface area contributed by atoms with Gasteiger partial charge in [0.1, 0.15) is 11.6 Å². The first-order chi connectivity index (χ1) is 8.74. The van der Waals surface area contributed by atoms with Gasteiger partial charge in [0.2, 0.25) is 0 Å². The lowest BCUT2D eigenvalue weighted by Gasteiger charge is -2.10. The molecule has 0 saturated heterocycles. The van der Waals surface area contributed by atoms with Crippen molar-refractivity contribution in [2.45, 2.75) is 0 Å². The minimum Gasteiger partial charge on any atom is -0.268 e. The summed E-state index contributed by atoms with van der Waals surface area (Å²) in [6.07, 6.45) is 4.03. The fourth-order valence-corrected chi connectivity index (χ4v) is 1.82. The van der Waals surface area contributed by atoms with Gasteiger partial charge >= 0.3 is 0 Å². The second-order valence-corrected chi connectivity index (χ2v) is 3.61. The van der Waals surface area contributed by atoms with Crippen LogP contribution in [0.5, 0.6) is 0 Å². The van der Waals surface area contributed by atoms with Crippen molar-refractivity contribution >= 4 is 17.6 Å². The van der Waals surface area contributed by atoms with Gasteiger partial charge in [-0.3, -0.25) is 19.7 Å². The number of carbonyl (C=O) groups excluding carboxylic acids is 2. The first kappa shape index (κ1) is 10.2. The van der Waals surface area contributed by atoms with Gasteiger partial charge in [0.25, 0.3) is 11.8 Å². The zero-order chi connectivity index (χ0) is 12.7. The SMILES string of the molecule is N#Cc1cn[nH]c1N1C(=O)c2ccncc2C1=O. The number of aromatic amines is 1. The summed E-state index contributed by atoms with van der Waals surface area (Å²) in [6, 6.07) is 3.34. The number of hydrogen-bond acceptors (Lipinski definition) is 5. The van der Waals surface area contributed by atoms with Crippen LogP contribution in [-0.2, 0) is 0 Å². The number of amides is 2. The number of hydrogen-bond donors (Lipinski definition) is 1. The summed E-state index contributed by atoms with van der Waals surface area (Å²) in [4.78, 5) is 28.9. The van der Waals surface area contributed by atoms with Gasteiger partial charge in [0.05, 0.1) is 17.3 Å². The van der Waals surface area contributed by atoms with Crippen LogP contribution in [0.15, 0.2) is 24.7 Å². The highest BCUT2D eigenvalue weighted by Crippen LogP contribution is 2.27. The van der Waals surface area contributed by atoms with E-state index in [1.165, 1.54) is 24.7 Å². The second kappa shape index (κ2) is 3.49. The molecule has 7 heteroatoms. The Bertz CT molecular complexity index is 677. The van der Waals surface area contributed by atoms with Crippen LogP contribution in [0.4, 0.5) is 5.82 Å². The molecule has 0 saturated carbocycles. The van der Waals surface area contributed by atoms with Crippen LogP contribution in [0.3, 0.4) is 0 Å². The Kier molecular flexibility index (Phi) is 1.97. The number of nitriles is 1. The highest BCUT2D eigenvalue weighted by molar-refractivity contribution is 6.34. The molecule has 0 bridgehead atoms. The van der Waals surface area contributed by atoms with Crippen molar-refractivity contribution in [2.24, 2.45) is 0 Å². The van der Waals surface area contributed by atoms with Gasteiger partial charge in [0.15, 0.2) is 5.82 Å². The molecule has 1 aliphatic heterocycles. The van der Waals surface area contributed by atoms with Crippen LogP contribution in [0.25, 0.3) is 0 Å². The zero-order valence-corrected chi connectivity index (χ0v) is 8.91. The molecular weight excluding hydrogens is 234 g/mol. The summed E-state index contributed by atoms with van der Waals surface area (Å²) >= 11 is 0. The number of H-pyrrole nitrogens is 1. The van der Waals surface area contributed by atoms with Gasteiger partial charge in [-0.25, -0.2) is 4.90 Å². The molecule has 3 rings (SSSR count). The van der Waals surface area contributed by atoms with E-state index in [0.29, 0.717) is 0 Å². The van der Waals surface area contributed by atoms with Gasteiger partial charge in [-0.05, 0) is 6.07 Å². The minimum atomic E-state index is -0.510. The predicted octanol–water partition coefficient (Wildman–Crippen LogP) is 0.477. The molecule has 7 nitrogen and oxygen atoms in total. The number of aromatic nitrogens is 3. The molecule has 1 aliphatic rings. The predicted molar refractivity (Wildman–Crippen MR) is 58.7 cm³/mol. The number of fused-ring (bicyclic) bond motifs is 1. The molecular formula is C11H5N5O2. The molecule has 0 spiro atoms. The van der Waals surface area contributed by atoms with E-state index in [1.807, 2.05) is 6.07 Å². The van der Waals surface area contributed by atoms with Crippen molar-refractivity contribution in [3.63, 3.8) is 0 Å². The van der Waals surface area contributed by atoms with Crippen LogP contribution in [0.1, 0.15) is 26.3 Å². The maximum atomic E-state index is 12.1. The number of carbonyl (C=O) groups is 2. The van der Waals surface area contributed by atoms with Gasteiger partial charge in [-0.15, -0.1) is 0 Å². The normalized spacial score (nSPS) is 13.6. The zero-order valence-electron chi connectivity index (χ0n) is 8.91. The van der Waals surface area contributed by atoms with E-state index in [0.717, 1.165) is 4.90 Å². The highest BCUT2D eigenvalue weighted by Gasteiger charge is 2.38. The molecule has 18 heavy (non-hydrogen) atoms. The molecule has 1 N–H and O–H groups in total. The second-order valence-electron chi connectivity index (χ2n) is 3.61. The molecule has 0 aromatic carbocycles. The summed E-state index contributed by atoms with van der Waals surface area (Å²) in [6.45, 7) is 0. The molecule has 0 aliphatic carbocycles. The van der Waals surface area contributed by atoms with Crippen molar-refractivity contribution in [2.75, 3.05) is 4.90 Å². The summed E-state index contributed by atoms with van der Waals surface area (Å²) in [5, 5.41) is 15.0. The van der Waals surface area contributed by atoms with E-state index in [-0.39, 0.29) is 22.5 Å². The van der Waals surface area contributed by atoms with E-state index in [4.69, 9.17) is 5.26 Å². The maximum absolute atomic E-state index is 12.1. The third-order valence-electron chi connectivity index (χ3n) is 2.65. The number of imide groups is 1. The average Bonchev–Trinajstić information content (AvgIpc) is 2.95. The lowest BCUT2D eigenvalue weighted by molar-refractivity contribution is 0.0925. The maximum Gasteiger partial charge on any atom is 0.268 e. The Labute approximate surface area is 101 Å². The fourth-order valence-electron chi connectivity index (χ4n) is 1.82. The van der Waals surface area contributed by atoms with Gasteiger partial charge in [0, 0.05) is 12.4 Å². The van der Waals surface area contributed by atoms with E-state index in [1.54, 1.807) is 0 Å². The Morgan fingerprint density at radius 3 is 2.72 bits per heavy atom. The molecule has 2 aromatic heterocycles. The van der Waals surface area contributed by atoms with E-state index >= 15 is 0 Å². The van der Waals surface area contributed by atoms with E-state index < -0.39 is 11.8 Å². The quantitative estimate of drug-likeness (QED) is 0.729. The van der Waals surface area contributed by atoms with E-state index in [2.05, 4.69) is 15.2 Å². The van der Waals surface area contributed by atoms with Crippen molar-refractivity contribution < 1.29 is 9.59 Å². The monoisotopic (exact) mass is 239 g/mol. The molecule has 2 aromatic rings. The van der Waals surface area contributed by atoms with Crippen molar-refractivity contribution in [3.05, 3.63) is 41.3 Å². The third kappa shape index (κ3) is 1.17. The van der Waals surface area contributed by atoms with Crippen LogP contribution in [0, 0.1) is 11.3 Å². The fraction of sp³-hybridized carbons (Fsp3) is 0. The van der Waals surface area contributed by atoms with Gasteiger partial charge < -0.3 is 0 Å². The number of rotatable bonds is 1. The minimum absolute atomic E-state index is 0.0868. The smallest absolute Gasteiger partial charge is 0.268 e.